The molecule has 2 aromatic rings. The minimum atomic E-state index is 0.0609. The predicted molar refractivity (Wildman–Crippen MR) is 77.9 cm³/mol. The van der Waals surface area contributed by atoms with Crippen molar-refractivity contribution >= 4 is 22.6 Å². The Labute approximate surface area is 118 Å². The van der Waals surface area contributed by atoms with Crippen LogP contribution in [0.3, 0.4) is 0 Å². The summed E-state index contributed by atoms with van der Waals surface area (Å²) < 4.78 is 7.64. The van der Waals surface area contributed by atoms with Gasteiger partial charge < -0.3 is 9.30 Å². The summed E-state index contributed by atoms with van der Waals surface area (Å²) in [6.45, 7) is 4.56. The van der Waals surface area contributed by atoms with Crippen molar-refractivity contribution in [3.8, 4) is 5.75 Å². The van der Waals surface area contributed by atoms with E-state index in [2.05, 4.69) is 29.5 Å². The van der Waals surface area contributed by atoms with Crippen molar-refractivity contribution < 1.29 is 4.74 Å². The molecule has 19 heavy (non-hydrogen) atoms. The molecule has 0 radical (unpaired) electrons. The molecule has 1 heterocycles. The standard InChI is InChI=1S/C15H19ClN2O/c1-15(2,10-4-5-10)18-13-8-11(19-3)6-7-12(13)17-14(18)9-16/h6-8,10H,4-5,9H2,1-3H3. The van der Waals surface area contributed by atoms with Crippen LogP contribution in [0.25, 0.3) is 11.0 Å². The quantitative estimate of drug-likeness (QED) is 0.793. The molecule has 0 atom stereocenters. The minimum Gasteiger partial charge on any atom is -0.497 e. The lowest BCUT2D eigenvalue weighted by Gasteiger charge is -2.29. The molecule has 0 N–H and O–H groups in total. The molecule has 3 rings (SSSR count). The molecular formula is C15H19ClN2O. The third kappa shape index (κ3) is 2.00. The Morgan fingerprint density at radius 3 is 2.74 bits per heavy atom. The molecule has 1 saturated carbocycles. The fourth-order valence-electron chi connectivity index (χ4n) is 2.94. The number of halogens is 1. The Bertz CT molecular complexity index is 614. The van der Waals surface area contributed by atoms with Gasteiger partial charge in [-0.1, -0.05) is 0 Å². The van der Waals surface area contributed by atoms with E-state index in [1.54, 1.807) is 7.11 Å². The third-order valence-electron chi connectivity index (χ3n) is 4.20. The molecule has 0 amide bonds. The molecule has 3 nitrogen and oxygen atoms in total. The molecular weight excluding hydrogens is 260 g/mol. The van der Waals surface area contributed by atoms with E-state index in [4.69, 9.17) is 16.3 Å². The number of methoxy groups -OCH3 is 1. The molecule has 0 unspecified atom stereocenters. The lowest BCUT2D eigenvalue weighted by Crippen LogP contribution is -2.30. The lowest BCUT2D eigenvalue weighted by atomic mass is 9.97. The first-order chi connectivity index (χ1) is 9.07. The molecule has 0 saturated heterocycles. The number of nitrogens with zero attached hydrogens (tertiary/aromatic N) is 2. The maximum atomic E-state index is 6.09. The van der Waals surface area contributed by atoms with Crippen molar-refractivity contribution in [2.24, 2.45) is 5.92 Å². The van der Waals surface area contributed by atoms with E-state index in [-0.39, 0.29) is 5.54 Å². The van der Waals surface area contributed by atoms with Gasteiger partial charge in [0.25, 0.3) is 0 Å². The summed E-state index contributed by atoms with van der Waals surface area (Å²) in [4.78, 5) is 4.66. The van der Waals surface area contributed by atoms with E-state index < -0.39 is 0 Å². The molecule has 1 aliphatic carbocycles. The monoisotopic (exact) mass is 278 g/mol. The van der Waals surface area contributed by atoms with Gasteiger partial charge in [-0.15, -0.1) is 11.6 Å². The Balaban J connectivity index is 2.24. The zero-order valence-electron chi connectivity index (χ0n) is 11.6. The van der Waals surface area contributed by atoms with E-state index in [1.807, 2.05) is 12.1 Å². The Morgan fingerprint density at radius 1 is 1.42 bits per heavy atom. The maximum Gasteiger partial charge on any atom is 0.125 e. The number of aromatic nitrogens is 2. The molecule has 1 aromatic heterocycles. The maximum absolute atomic E-state index is 6.09. The number of hydrogen-bond acceptors (Lipinski definition) is 2. The Hall–Kier alpha value is -1.22. The third-order valence-corrected chi connectivity index (χ3v) is 4.44. The zero-order valence-corrected chi connectivity index (χ0v) is 12.4. The van der Waals surface area contributed by atoms with Crippen molar-refractivity contribution in [2.45, 2.75) is 38.1 Å². The van der Waals surface area contributed by atoms with Crippen molar-refractivity contribution in [2.75, 3.05) is 7.11 Å². The average molecular weight is 279 g/mol. The fourth-order valence-corrected chi connectivity index (χ4v) is 3.12. The second kappa shape index (κ2) is 4.41. The van der Waals surface area contributed by atoms with Gasteiger partial charge in [0.05, 0.1) is 24.0 Å². The highest BCUT2D eigenvalue weighted by molar-refractivity contribution is 6.16. The number of fused-ring (bicyclic) bond motifs is 1. The molecule has 102 valence electrons. The molecule has 4 heteroatoms. The summed E-state index contributed by atoms with van der Waals surface area (Å²) in [7, 11) is 1.69. The number of imidazole rings is 1. The summed E-state index contributed by atoms with van der Waals surface area (Å²) in [6, 6.07) is 6.01. The van der Waals surface area contributed by atoms with Crippen LogP contribution in [-0.2, 0) is 11.4 Å². The number of hydrogen-bond donors (Lipinski definition) is 0. The van der Waals surface area contributed by atoms with Crippen LogP contribution in [0.4, 0.5) is 0 Å². The van der Waals surface area contributed by atoms with Crippen molar-refractivity contribution in [1.82, 2.24) is 9.55 Å². The van der Waals surface area contributed by atoms with E-state index in [0.717, 1.165) is 28.5 Å². The van der Waals surface area contributed by atoms with Crippen LogP contribution in [-0.4, -0.2) is 16.7 Å². The van der Waals surface area contributed by atoms with Gasteiger partial charge in [0.2, 0.25) is 0 Å². The molecule has 0 spiro atoms. The van der Waals surface area contributed by atoms with Crippen LogP contribution >= 0.6 is 11.6 Å². The van der Waals surface area contributed by atoms with Crippen LogP contribution in [0, 0.1) is 5.92 Å². The largest absolute Gasteiger partial charge is 0.497 e. The van der Waals surface area contributed by atoms with Gasteiger partial charge in [-0.3, -0.25) is 0 Å². The molecule has 0 bridgehead atoms. The van der Waals surface area contributed by atoms with Crippen LogP contribution < -0.4 is 4.74 Å². The first kappa shape index (κ1) is 12.8. The molecule has 1 fully saturated rings. The van der Waals surface area contributed by atoms with E-state index in [0.29, 0.717) is 5.88 Å². The summed E-state index contributed by atoms with van der Waals surface area (Å²) >= 11 is 6.09. The molecule has 0 aliphatic heterocycles. The summed E-state index contributed by atoms with van der Waals surface area (Å²) in [5, 5.41) is 0. The first-order valence-corrected chi connectivity index (χ1v) is 7.23. The average Bonchev–Trinajstić information content (AvgIpc) is 3.19. The topological polar surface area (TPSA) is 27.1 Å². The van der Waals surface area contributed by atoms with Crippen LogP contribution in [0.15, 0.2) is 18.2 Å². The minimum absolute atomic E-state index is 0.0609. The lowest BCUT2D eigenvalue weighted by molar-refractivity contribution is 0.306. The number of ether oxygens (including phenoxy) is 1. The van der Waals surface area contributed by atoms with E-state index in [1.165, 1.54) is 12.8 Å². The van der Waals surface area contributed by atoms with E-state index in [9.17, 15) is 0 Å². The number of benzene rings is 1. The Morgan fingerprint density at radius 2 is 2.16 bits per heavy atom. The fraction of sp³-hybridized carbons (Fsp3) is 0.533. The van der Waals surface area contributed by atoms with Gasteiger partial charge in [0.1, 0.15) is 11.6 Å². The Kier molecular flexibility index (Phi) is 2.97. The van der Waals surface area contributed by atoms with Crippen molar-refractivity contribution in [3.63, 3.8) is 0 Å². The van der Waals surface area contributed by atoms with Crippen molar-refractivity contribution in [1.29, 1.82) is 0 Å². The van der Waals surface area contributed by atoms with Gasteiger partial charge in [-0.25, -0.2) is 4.98 Å². The molecule has 1 aromatic carbocycles. The van der Waals surface area contributed by atoms with Gasteiger partial charge in [-0.05, 0) is 44.7 Å². The highest BCUT2D eigenvalue weighted by atomic mass is 35.5. The normalized spacial score (nSPS) is 16.0. The highest BCUT2D eigenvalue weighted by Crippen LogP contribution is 2.46. The summed E-state index contributed by atoms with van der Waals surface area (Å²) in [6.07, 6.45) is 2.58. The summed E-state index contributed by atoms with van der Waals surface area (Å²) in [5.74, 6) is 2.97. The SMILES string of the molecule is COc1ccc2nc(CCl)n(C(C)(C)C3CC3)c2c1. The predicted octanol–water partition coefficient (Wildman–Crippen LogP) is 3.93. The first-order valence-electron chi connectivity index (χ1n) is 6.69. The van der Waals surface area contributed by atoms with Gasteiger partial charge in [-0.2, -0.15) is 0 Å². The smallest absolute Gasteiger partial charge is 0.125 e. The number of rotatable bonds is 4. The van der Waals surface area contributed by atoms with Crippen molar-refractivity contribution in [3.05, 3.63) is 24.0 Å². The second-order valence-electron chi connectivity index (χ2n) is 5.78. The van der Waals surface area contributed by atoms with Gasteiger partial charge in [0.15, 0.2) is 0 Å². The van der Waals surface area contributed by atoms with Crippen LogP contribution in [0.2, 0.25) is 0 Å². The van der Waals surface area contributed by atoms with Crippen LogP contribution in [0.5, 0.6) is 5.75 Å². The van der Waals surface area contributed by atoms with Gasteiger partial charge >= 0.3 is 0 Å². The highest BCUT2D eigenvalue weighted by Gasteiger charge is 2.41. The summed E-state index contributed by atoms with van der Waals surface area (Å²) in [5.41, 5.74) is 2.17. The second-order valence-corrected chi connectivity index (χ2v) is 6.05. The zero-order chi connectivity index (χ0) is 13.6. The van der Waals surface area contributed by atoms with E-state index >= 15 is 0 Å². The molecule has 1 aliphatic rings. The van der Waals surface area contributed by atoms with Gasteiger partial charge in [0, 0.05) is 11.6 Å². The number of alkyl halides is 1. The van der Waals surface area contributed by atoms with Crippen LogP contribution in [0.1, 0.15) is 32.5 Å².